The summed E-state index contributed by atoms with van der Waals surface area (Å²) in [5.74, 6) is -0.238. The van der Waals surface area contributed by atoms with Crippen molar-refractivity contribution in [2.45, 2.75) is 13.5 Å². The summed E-state index contributed by atoms with van der Waals surface area (Å²) in [5, 5.41) is 7.49. The lowest BCUT2D eigenvalue weighted by Gasteiger charge is -2.10. The van der Waals surface area contributed by atoms with Gasteiger partial charge in [-0.1, -0.05) is 40.5 Å². The van der Waals surface area contributed by atoms with Crippen LogP contribution in [0.25, 0.3) is 5.69 Å². The molecule has 0 bridgehead atoms. The molecule has 0 unspecified atom stereocenters. The van der Waals surface area contributed by atoms with Gasteiger partial charge in [-0.3, -0.25) is 4.79 Å². The average molecular weight is 380 g/mol. The van der Waals surface area contributed by atoms with Gasteiger partial charge in [0.15, 0.2) is 12.4 Å². The zero-order valence-electron chi connectivity index (χ0n) is 12.9. The van der Waals surface area contributed by atoms with Gasteiger partial charge in [0.2, 0.25) is 0 Å². The first kappa shape index (κ1) is 17.2. The van der Waals surface area contributed by atoms with Crippen molar-refractivity contribution in [3.63, 3.8) is 0 Å². The molecule has 0 atom stereocenters. The third-order valence-electron chi connectivity index (χ3n) is 3.25. The number of aryl methyl sites for hydroxylation is 1. The van der Waals surface area contributed by atoms with Crippen LogP contribution in [0.1, 0.15) is 21.8 Å². The number of hydrogen-bond acceptors (Lipinski definition) is 6. The number of benzene rings is 1. The van der Waals surface area contributed by atoms with E-state index in [9.17, 15) is 9.59 Å². The molecule has 7 nitrogen and oxygen atoms in total. The fraction of sp³-hybridized carbons (Fsp3) is 0.125. The normalized spacial score (nSPS) is 10.7. The Morgan fingerprint density at radius 2 is 2.08 bits per heavy atom. The number of carbonyl (C=O) groups is 1. The fourth-order valence-electron chi connectivity index (χ4n) is 2.11. The lowest BCUT2D eigenvalue weighted by molar-refractivity contribution is 0.0437. The third kappa shape index (κ3) is 3.57. The molecule has 0 spiro atoms. The Hall–Kier alpha value is -2.64. The van der Waals surface area contributed by atoms with Crippen molar-refractivity contribution in [2.75, 3.05) is 0 Å². The maximum Gasteiger partial charge on any atom is 0.340 e. The van der Waals surface area contributed by atoms with Crippen LogP contribution in [0.5, 0.6) is 0 Å². The topological polar surface area (TPSA) is 87.2 Å². The van der Waals surface area contributed by atoms with Crippen molar-refractivity contribution in [1.29, 1.82) is 0 Å². The van der Waals surface area contributed by atoms with Crippen LogP contribution in [-0.2, 0) is 11.3 Å². The Labute approximate surface area is 151 Å². The van der Waals surface area contributed by atoms with Crippen LogP contribution in [0.2, 0.25) is 10.0 Å². The lowest BCUT2D eigenvalue weighted by atomic mass is 10.2. The summed E-state index contributed by atoms with van der Waals surface area (Å²) in [6, 6.07) is 8.02. The van der Waals surface area contributed by atoms with Gasteiger partial charge in [-0.05, 0) is 19.1 Å². The van der Waals surface area contributed by atoms with E-state index in [2.05, 4.69) is 10.3 Å². The van der Waals surface area contributed by atoms with Gasteiger partial charge in [0.1, 0.15) is 5.02 Å². The Morgan fingerprint density at radius 3 is 2.80 bits per heavy atom. The summed E-state index contributed by atoms with van der Waals surface area (Å²) >= 11 is 11.6. The first-order valence-corrected chi connectivity index (χ1v) is 7.85. The van der Waals surface area contributed by atoms with E-state index in [1.807, 2.05) is 0 Å². The minimum Gasteiger partial charge on any atom is -0.454 e. The van der Waals surface area contributed by atoms with Crippen LogP contribution in [-0.4, -0.2) is 20.9 Å². The summed E-state index contributed by atoms with van der Waals surface area (Å²) in [6.45, 7) is 1.67. The van der Waals surface area contributed by atoms with Crippen LogP contribution in [0.4, 0.5) is 0 Å². The number of ether oxygens (including phenoxy) is 1. The van der Waals surface area contributed by atoms with E-state index >= 15 is 0 Å². The molecule has 0 saturated heterocycles. The monoisotopic (exact) mass is 379 g/mol. The molecule has 0 amide bonds. The molecule has 0 fully saturated rings. The van der Waals surface area contributed by atoms with Gasteiger partial charge >= 0.3 is 5.97 Å². The van der Waals surface area contributed by atoms with Gasteiger partial charge in [0.05, 0.1) is 28.2 Å². The van der Waals surface area contributed by atoms with E-state index in [0.717, 1.165) is 4.68 Å². The number of rotatable bonds is 4. The number of hydrogen-bond donors (Lipinski definition) is 0. The van der Waals surface area contributed by atoms with E-state index in [1.54, 1.807) is 31.2 Å². The van der Waals surface area contributed by atoms with Gasteiger partial charge in [-0.25, -0.2) is 4.79 Å². The largest absolute Gasteiger partial charge is 0.454 e. The minimum absolute atomic E-state index is 0.0312. The molecule has 0 radical (unpaired) electrons. The van der Waals surface area contributed by atoms with Crippen LogP contribution >= 0.6 is 23.2 Å². The minimum atomic E-state index is -0.649. The second-order valence-corrected chi connectivity index (χ2v) is 5.84. The van der Waals surface area contributed by atoms with Crippen molar-refractivity contribution in [3.8, 4) is 5.69 Å². The van der Waals surface area contributed by atoms with Gasteiger partial charge in [0.25, 0.3) is 5.56 Å². The number of carbonyl (C=O) groups excluding carboxylic acids is 1. The van der Waals surface area contributed by atoms with Gasteiger partial charge in [0, 0.05) is 6.07 Å². The van der Waals surface area contributed by atoms with Crippen LogP contribution in [0, 0.1) is 6.92 Å². The van der Waals surface area contributed by atoms with Crippen molar-refractivity contribution >= 4 is 29.2 Å². The summed E-state index contributed by atoms with van der Waals surface area (Å²) in [6.07, 6.45) is 1.23. The van der Waals surface area contributed by atoms with Crippen molar-refractivity contribution in [2.24, 2.45) is 0 Å². The molecular weight excluding hydrogens is 369 g/mol. The maximum absolute atomic E-state index is 12.4. The highest BCUT2D eigenvalue weighted by Crippen LogP contribution is 2.19. The molecule has 0 aliphatic heterocycles. The molecule has 3 aromatic rings. The average Bonchev–Trinajstić information content (AvgIpc) is 3.03. The Bertz CT molecular complexity index is 997. The van der Waals surface area contributed by atoms with Crippen molar-refractivity contribution < 1.29 is 14.1 Å². The fourth-order valence-corrected chi connectivity index (χ4v) is 2.37. The highest BCUT2D eigenvalue weighted by Gasteiger charge is 2.18. The van der Waals surface area contributed by atoms with E-state index in [-0.39, 0.29) is 27.9 Å². The Morgan fingerprint density at radius 1 is 1.32 bits per heavy atom. The summed E-state index contributed by atoms with van der Waals surface area (Å²) in [4.78, 5) is 24.7. The molecule has 128 valence electrons. The van der Waals surface area contributed by atoms with E-state index < -0.39 is 11.5 Å². The molecule has 1 aromatic carbocycles. The summed E-state index contributed by atoms with van der Waals surface area (Å²) < 4.78 is 11.2. The van der Waals surface area contributed by atoms with Gasteiger partial charge in [-0.15, -0.1) is 0 Å². The molecule has 0 saturated carbocycles. The van der Waals surface area contributed by atoms with Gasteiger partial charge < -0.3 is 9.26 Å². The first-order valence-electron chi connectivity index (χ1n) is 7.09. The number of aromatic nitrogens is 3. The lowest BCUT2D eigenvalue weighted by Crippen LogP contribution is -2.23. The second-order valence-electron chi connectivity index (χ2n) is 5.05. The molecule has 2 aromatic heterocycles. The van der Waals surface area contributed by atoms with Crippen LogP contribution in [0.15, 0.2) is 45.8 Å². The van der Waals surface area contributed by atoms with Gasteiger partial charge in [-0.2, -0.15) is 9.78 Å². The van der Waals surface area contributed by atoms with Crippen molar-refractivity contribution in [3.05, 3.63) is 73.9 Å². The zero-order valence-corrected chi connectivity index (χ0v) is 14.4. The van der Waals surface area contributed by atoms with E-state index in [1.165, 1.54) is 12.3 Å². The van der Waals surface area contributed by atoms with Crippen molar-refractivity contribution in [1.82, 2.24) is 14.9 Å². The third-order valence-corrected chi connectivity index (χ3v) is 4.00. The molecule has 9 heteroatoms. The predicted molar refractivity (Wildman–Crippen MR) is 90.2 cm³/mol. The van der Waals surface area contributed by atoms with E-state index in [4.69, 9.17) is 32.5 Å². The number of para-hydroxylation sites is 1. The summed E-state index contributed by atoms with van der Waals surface area (Å²) in [7, 11) is 0. The Kier molecular flexibility index (Phi) is 4.87. The Balaban J connectivity index is 1.92. The first-order chi connectivity index (χ1) is 12.0. The molecule has 3 rings (SSSR count). The quantitative estimate of drug-likeness (QED) is 0.646. The number of esters is 1. The molecule has 0 aliphatic rings. The highest BCUT2D eigenvalue weighted by molar-refractivity contribution is 6.41. The van der Waals surface area contributed by atoms with Crippen LogP contribution in [0.3, 0.4) is 0 Å². The zero-order chi connectivity index (χ0) is 18.0. The summed E-state index contributed by atoms with van der Waals surface area (Å²) in [5.41, 5.74) is 0.412. The standard InChI is InChI=1S/C16H11Cl2N3O4/c1-9-6-10(25-20-9)8-24-16(23)11-4-2-3-5-13(11)21-15(22)14(18)12(17)7-19-21/h2-7H,8H2,1H3. The van der Waals surface area contributed by atoms with E-state index in [0.29, 0.717) is 11.5 Å². The second kappa shape index (κ2) is 7.08. The maximum atomic E-state index is 12.4. The predicted octanol–water partition coefficient (Wildman–Crippen LogP) is 3.19. The number of halogens is 2. The molecule has 2 heterocycles. The smallest absolute Gasteiger partial charge is 0.340 e. The molecular formula is C16H11Cl2N3O4. The number of nitrogens with zero attached hydrogens (tertiary/aromatic N) is 3. The SMILES string of the molecule is Cc1cc(COC(=O)c2ccccc2-n2ncc(Cl)c(Cl)c2=O)on1. The molecule has 0 aliphatic carbocycles. The molecule has 25 heavy (non-hydrogen) atoms. The van der Waals surface area contributed by atoms with Crippen LogP contribution < -0.4 is 5.56 Å². The highest BCUT2D eigenvalue weighted by atomic mass is 35.5. The molecule has 0 N–H and O–H groups in total.